The minimum absolute atomic E-state index is 0.711. The van der Waals surface area contributed by atoms with Crippen molar-refractivity contribution in [1.82, 2.24) is 10.2 Å². The molecule has 2 rings (SSSR count). The highest BCUT2D eigenvalue weighted by Crippen LogP contribution is 2.41. The zero-order valence-corrected chi connectivity index (χ0v) is 12.9. The molecular weight excluding hydrogens is 220 g/mol. The predicted octanol–water partition coefficient (Wildman–Crippen LogP) is 3.13. The van der Waals surface area contributed by atoms with E-state index >= 15 is 0 Å². The Morgan fingerprint density at radius 2 is 1.94 bits per heavy atom. The fourth-order valence-electron chi connectivity index (χ4n) is 3.56. The Hall–Kier alpha value is -0.0800. The molecule has 1 saturated carbocycles. The number of hydrogen-bond donors (Lipinski definition) is 1. The van der Waals surface area contributed by atoms with Crippen LogP contribution < -0.4 is 5.32 Å². The fraction of sp³-hybridized carbons (Fsp3) is 1.00. The van der Waals surface area contributed by atoms with Gasteiger partial charge in [0.1, 0.15) is 0 Å². The number of piperazine rings is 1. The van der Waals surface area contributed by atoms with Gasteiger partial charge in [-0.25, -0.2) is 0 Å². The van der Waals surface area contributed by atoms with Gasteiger partial charge in [0.25, 0.3) is 0 Å². The van der Waals surface area contributed by atoms with E-state index in [0.717, 1.165) is 29.8 Å². The molecule has 1 heterocycles. The lowest BCUT2D eigenvalue weighted by Gasteiger charge is -2.44. The van der Waals surface area contributed by atoms with Gasteiger partial charge >= 0.3 is 0 Å². The van der Waals surface area contributed by atoms with Crippen molar-refractivity contribution in [3.8, 4) is 0 Å². The third-order valence-corrected chi connectivity index (χ3v) is 5.36. The van der Waals surface area contributed by atoms with E-state index in [1.165, 1.54) is 32.4 Å². The van der Waals surface area contributed by atoms with Crippen molar-refractivity contribution >= 4 is 0 Å². The second-order valence-corrected chi connectivity index (χ2v) is 6.88. The zero-order chi connectivity index (χ0) is 13.3. The van der Waals surface area contributed by atoms with Crippen molar-refractivity contribution < 1.29 is 0 Å². The van der Waals surface area contributed by atoms with E-state index in [-0.39, 0.29) is 0 Å². The topological polar surface area (TPSA) is 15.3 Å². The molecule has 5 unspecified atom stereocenters. The molecule has 0 aromatic carbocycles. The van der Waals surface area contributed by atoms with Gasteiger partial charge in [0.05, 0.1) is 0 Å². The van der Waals surface area contributed by atoms with Crippen molar-refractivity contribution in [2.24, 2.45) is 17.8 Å². The van der Waals surface area contributed by atoms with Crippen LogP contribution in [-0.4, -0.2) is 36.1 Å². The van der Waals surface area contributed by atoms with Crippen molar-refractivity contribution in [1.29, 1.82) is 0 Å². The maximum Gasteiger partial charge on any atom is 0.0247 e. The molecule has 0 bridgehead atoms. The first kappa shape index (κ1) is 14.3. The summed E-state index contributed by atoms with van der Waals surface area (Å²) in [6.07, 6.45) is 4.11. The van der Waals surface area contributed by atoms with Crippen LogP contribution in [0.1, 0.15) is 53.9 Å². The van der Waals surface area contributed by atoms with Crippen molar-refractivity contribution in [2.75, 3.05) is 13.1 Å². The summed E-state index contributed by atoms with van der Waals surface area (Å²) in [6.45, 7) is 14.3. The van der Waals surface area contributed by atoms with E-state index in [1.54, 1.807) is 0 Å². The largest absolute Gasteiger partial charge is 0.311 e. The average Bonchev–Trinajstić information content (AvgIpc) is 3.16. The summed E-state index contributed by atoms with van der Waals surface area (Å²) in [5.74, 6) is 2.56. The number of rotatable bonds is 5. The summed E-state index contributed by atoms with van der Waals surface area (Å²) >= 11 is 0. The molecule has 0 aromatic heterocycles. The van der Waals surface area contributed by atoms with Gasteiger partial charge in [0.15, 0.2) is 0 Å². The summed E-state index contributed by atoms with van der Waals surface area (Å²) in [5.41, 5.74) is 0. The maximum absolute atomic E-state index is 3.81. The van der Waals surface area contributed by atoms with Crippen LogP contribution in [0.25, 0.3) is 0 Å². The number of hydrogen-bond acceptors (Lipinski definition) is 2. The molecule has 2 fully saturated rings. The fourth-order valence-corrected chi connectivity index (χ4v) is 3.56. The number of nitrogens with one attached hydrogen (secondary N) is 1. The molecule has 2 aliphatic rings. The van der Waals surface area contributed by atoms with Crippen LogP contribution in [0, 0.1) is 17.8 Å². The average molecular weight is 252 g/mol. The smallest absolute Gasteiger partial charge is 0.0247 e. The monoisotopic (exact) mass is 252 g/mol. The van der Waals surface area contributed by atoms with Crippen LogP contribution in [0.3, 0.4) is 0 Å². The van der Waals surface area contributed by atoms with Crippen LogP contribution >= 0.6 is 0 Å². The Morgan fingerprint density at radius 1 is 1.22 bits per heavy atom. The molecule has 0 aromatic rings. The second-order valence-electron chi connectivity index (χ2n) is 6.88. The molecular formula is C16H32N2. The van der Waals surface area contributed by atoms with Crippen molar-refractivity contribution in [3.63, 3.8) is 0 Å². The maximum atomic E-state index is 3.81. The Balaban J connectivity index is 2.00. The van der Waals surface area contributed by atoms with E-state index in [1.807, 2.05) is 0 Å². The molecule has 1 aliphatic heterocycles. The predicted molar refractivity (Wildman–Crippen MR) is 78.8 cm³/mol. The summed E-state index contributed by atoms with van der Waals surface area (Å²) in [6, 6.07) is 2.37. The minimum atomic E-state index is 0.711. The number of nitrogens with zero attached hydrogens (tertiary/aromatic N) is 1. The highest BCUT2D eigenvalue weighted by atomic mass is 15.3. The molecule has 5 atom stereocenters. The van der Waals surface area contributed by atoms with Gasteiger partial charge in [-0.05, 0) is 24.2 Å². The highest BCUT2D eigenvalue weighted by molar-refractivity contribution is 5.01. The molecule has 1 saturated heterocycles. The lowest BCUT2D eigenvalue weighted by atomic mass is 9.92. The Morgan fingerprint density at radius 3 is 2.44 bits per heavy atom. The van der Waals surface area contributed by atoms with Crippen LogP contribution in [0.5, 0.6) is 0 Å². The molecule has 18 heavy (non-hydrogen) atoms. The molecule has 0 radical (unpaired) electrons. The van der Waals surface area contributed by atoms with E-state index in [4.69, 9.17) is 0 Å². The quantitative estimate of drug-likeness (QED) is 0.809. The molecule has 2 heteroatoms. The normalized spacial score (nSPS) is 39.0. The summed E-state index contributed by atoms with van der Waals surface area (Å²) in [7, 11) is 0. The van der Waals surface area contributed by atoms with E-state index < -0.39 is 0 Å². The standard InChI is InChI=1S/C16H32N2/c1-6-12(5)14-10-18(15-8-13(15)7-2)16(9-17-14)11(3)4/h11-17H,6-10H2,1-5H3. The van der Waals surface area contributed by atoms with Gasteiger partial charge < -0.3 is 5.32 Å². The van der Waals surface area contributed by atoms with Gasteiger partial charge in [-0.2, -0.15) is 0 Å². The van der Waals surface area contributed by atoms with E-state index in [2.05, 4.69) is 44.8 Å². The molecule has 1 aliphatic carbocycles. The molecule has 1 N–H and O–H groups in total. The van der Waals surface area contributed by atoms with Gasteiger partial charge in [-0.1, -0.05) is 47.5 Å². The highest BCUT2D eigenvalue weighted by Gasteiger charge is 2.45. The molecule has 0 amide bonds. The Labute approximate surface area is 114 Å². The van der Waals surface area contributed by atoms with Gasteiger partial charge in [0.2, 0.25) is 0 Å². The van der Waals surface area contributed by atoms with Gasteiger partial charge in [-0.15, -0.1) is 0 Å². The van der Waals surface area contributed by atoms with Crippen LogP contribution in [0.4, 0.5) is 0 Å². The minimum Gasteiger partial charge on any atom is -0.311 e. The summed E-state index contributed by atoms with van der Waals surface area (Å²) < 4.78 is 0. The van der Waals surface area contributed by atoms with Crippen molar-refractivity contribution in [3.05, 3.63) is 0 Å². The molecule has 106 valence electrons. The lowest BCUT2D eigenvalue weighted by Crippen LogP contribution is -2.60. The molecule has 0 spiro atoms. The zero-order valence-electron chi connectivity index (χ0n) is 12.9. The van der Waals surface area contributed by atoms with E-state index in [0.29, 0.717) is 6.04 Å². The van der Waals surface area contributed by atoms with Gasteiger partial charge in [0, 0.05) is 31.2 Å². The first-order chi connectivity index (χ1) is 8.58. The molecule has 2 nitrogen and oxygen atoms in total. The summed E-state index contributed by atoms with van der Waals surface area (Å²) in [4.78, 5) is 2.85. The van der Waals surface area contributed by atoms with Crippen LogP contribution in [-0.2, 0) is 0 Å². The van der Waals surface area contributed by atoms with Crippen LogP contribution in [0.15, 0.2) is 0 Å². The van der Waals surface area contributed by atoms with E-state index in [9.17, 15) is 0 Å². The lowest BCUT2D eigenvalue weighted by molar-refractivity contribution is 0.0699. The third kappa shape index (κ3) is 2.91. The Bertz CT molecular complexity index is 264. The van der Waals surface area contributed by atoms with Gasteiger partial charge in [-0.3, -0.25) is 4.90 Å². The summed E-state index contributed by atoms with van der Waals surface area (Å²) in [5, 5.41) is 3.81. The van der Waals surface area contributed by atoms with Crippen molar-refractivity contribution in [2.45, 2.75) is 72.0 Å². The second kappa shape index (κ2) is 5.92. The first-order valence-corrected chi connectivity index (χ1v) is 8.07. The first-order valence-electron chi connectivity index (χ1n) is 8.07. The Kier molecular flexibility index (Phi) is 4.71. The third-order valence-electron chi connectivity index (χ3n) is 5.36. The van der Waals surface area contributed by atoms with Crippen LogP contribution in [0.2, 0.25) is 0 Å². The SMILES string of the molecule is CCC(C)C1CN(C2CC2CC)C(C(C)C)CN1.